The zero-order valence-electron chi connectivity index (χ0n) is 19.2. The average molecular weight is 462 g/mol. The second-order valence-electron chi connectivity index (χ2n) is 8.52. The number of nitrogens with zero attached hydrogens (tertiary/aromatic N) is 6. The van der Waals surface area contributed by atoms with Crippen molar-refractivity contribution in [2.75, 3.05) is 26.1 Å². The molecule has 0 radical (unpaired) electrons. The molecule has 0 bridgehead atoms. The first-order chi connectivity index (χ1) is 16.5. The van der Waals surface area contributed by atoms with Gasteiger partial charge in [0.2, 0.25) is 5.95 Å². The molecule has 4 heterocycles. The van der Waals surface area contributed by atoms with E-state index in [1.165, 1.54) is 0 Å². The van der Waals surface area contributed by atoms with Crippen LogP contribution < -0.4 is 16.0 Å². The van der Waals surface area contributed by atoms with Crippen LogP contribution in [0.4, 0.5) is 5.95 Å². The van der Waals surface area contributed by atoms with E-state index in [-0.39, 0.29) is 17.5 Å². The van der Waals surface area contributed by atoms with Crippen molar-refractivity contribution in [3.63, 3.8) is 0 Å². The normalized spacial score (nSPS) is 15.5. The molecule has 1 aliphatic heterocycles. The molecule has 1 unspecified atom stereocenters. The Bertz CT molecular complexity index is 1370. The molecule has 1 saturated heterocycles. The van der Waals surface area contributed by atoms with Crippen LogP contribution in [0.1, 0.15) is 31.4 Å². The maximum absolute atomic E-state index is 13.2. The minimum Gasteiger partial charge on any atom is -0.494 e. The second kappa shape index (κ2) is 9.22. The van der Waals surface area contributed by atoms with Gasteiger partial charge in [-0.25, -0.2) is 14.6 Å². The summed E-state index contributed by atoms with van der Waals surface area (Å²) in [6.07, 6.45) is 5.55. The van der Waals surface area contributed by atoms with Crippen LogP contribution in [-0.4, -0.2) is 49.9 Å². The lowest BCUT2D eigenvalue weighted by Gasteiger charge is -2.29. The number of hydrogen-bond acceptors (Lipinski definition) is 8. The van der Waals surface area contributed by atoms with Crippen molar-refractivity contribution in [1.29, 1.82) is 0 Å². The first-order valence-corrected chi connectivity index (χ1v) is 11.3. The van der Waals surface area contributed by atoms with E-state index in [1.807, 2.05) is 41.1 Å². The predicted octanol–water partition coefficient (Wildman–Crippen LogP) is 2.68. The van der Waals surface area contributed by atoms with Gasteiger partial charge in [-0.3, -0.25) is 4.79 Å². The Hall–Kier alpha value is -3.79. The van der Waals surface area contributed by atoms with Gasteiger partial charge in [-0.05, 0) is 37.8 Å². The fraction of sp³-hybridized carbons (Fsp3) is 0.375. The summed E-state index contributed by atoms with van der Waals surface area (Å²) in [5.41, 5.74) is 8.30. The molecule has 4 aromatic rings. The second-order valence-corrected chi connectivity index (χ2v) is 8.52. The number of rotatable bonds is 6. The highest BCUT2D eigenvalue weighted by molar-refractivity contribution is 5.95. The molecule has 0 aliphatic carbocycles. The highest BCUT2D eigenvalue weighted by Gasteiger charge is 2.23. The van der Waals surface area contributed by atoms with Crippen molar-refractivity contribution in [2.24, 2.45) is 5.92 Å². The van der Waals surface area contributed by atoms with Gasteiger partial charge in [0, 0.05) is 36.4 Å². The molecule has 1 aromatic carbocycles. The Labute approximate surface area is 196 Å². The molecule has 1 fully saturated rings. The van der Waals surface area contributed by atoms with E-state index in [0.717, 1.165) is 31.4 Å². The van der Waals surface area contributed by atoms with E-state index in [1.54, 1.807) is 18.0 Å². The van der Waals surface area contributed by atoms with Crippen molar-refractivity contribution in [1.82, 2.24) is 29.5 Å². The van der Waals surface area contributed by atoms with Gasteiger partial charge >= 0.3 is 0 Å². The van der Waals surface area contributed by atoms with E-state index in [2.05, 4.69) is 27.2 Å². The minimum absolute atomic E-state index is 0.0139. The Morgan fingerprint density at radius 3 is 2.82 bits per heavy atom. The van der Waals surface area contributed by atoms with Crippen molar-refractivity contribution >= 4 is 16.9 Å². The standard InChI is InChI=1S/C24H27N7O3/c1-15(16-8-11-34-12-9-16)31-10-4-5-17(23(31)32)13-30-14-19(28-29-30)21-18-6-3-7-20(33-2)22(18)27-24(25)26-21/h3-7,10,14-16H,8-9,11-13H2,1-2H3,(H2,25,26,27). The zero-order chi connectivity index (χ0) is 23.7. The predicted molar refractivity (Wildman–Crippen MR) is 128 cm³/mol. The van der Waals surface area contributed by atoms with Gasteiger partial charge in [-0.15, -0.1) is 5.10 Å². The third kappa shape index (κ3) is 4.12. The molecular formula is C24H27N7O3. The lowest BCUT2D eigenvalue weighted by atomic mass is 9.92. The molecule has 10 heteroatoms. The quantitative estimate of drug-likeness (QED) is 0.465. The van der Waals surface area contributed by atoms with E-state index >= 15 is 0 Å². The molecule has 3 aromatic heterocycles. The summed E-state index contributed by atoms with van der Waals surface area (Å²) in [5, 5.41) is 9.29. The molecular weight excluding hydrogens is 434 g/mol. The highest BCUT2D eigenvalue weighted by atomic mass is 16.5. The van der Waals surface area contributed by atoms with Crippen LogP contribution in [0.2, 0.25) is 0 Å². The summed E-state index contributed by atoms with van der Waals surface area (Å²) in [4.78, 5) is 22.0. The average Bonchev–Trinajstić information content (AvgIpc) is 3.33. The number of para-hydroxylation sites is 1. The van der Waals surface area contributed by atoms with Gasteiger partial charge in [0.15, 0.2) is 0 Å². The fourth-order valence-electron chi connectivity index (χ4n) is 4.58. The Balaban J connectivity index is 1.44. The molecule has 5 rings (SSSR count). The number of pyridine rings is 1. The zero-order valence-corrected chi connectivity index (χ0v) is 19.2. The number of nitrogen functional groups attached to an aromatic ring is 1. The number of benzene rings is 1. The first-order valence-electron chi connectivity index (χ1n) is 11.3. The summed E-state index contributed by atoms with van der Waals surface area (Å²) in [6.45, 7) is 3.90. The molecule has 0 spiro atoms. The summed E-state index contributed by atoms with van der Waals surface area (Å²) < 4.78 is 14.4. The summed E-state index contributed by atoms with van der Waals surface area (Å²) >= 11 is 0. The Morgan fingerprint density at radius 2 is 2.03 bits per heavy atom. The fourth-order valence-corrected chi connectivity index (χ4v) is 4.58. The summed E-state index contributed by atoms with van der Waals surface area (Å²) in [6, 6.07) is 9.42. The molecule has 10 nitrogen and oxygen atoms in total. The lowest BCUT2D eigenvalue weighted by molar-refractivity contribution is 0.0508. The van der Waals surface area contributed by atoms with Crippen molar-refractivity contribution in [3.8, 4) is 17.1 Å². The number of aromatic nitrogens is 6. The number of fused-ring (bicyclic) bond motifs is 1. The van der Waals surface area contributed by atoms with Gasteiger partial charge in [-0.2, -0.15) is 0 Å². The highest BCUT2D eigenvalue weighted by Crippen LogP contribution is 2.31. The van der Waals surface area contributed by atoms with Crippen LogP contribution >= 0.6 is 0 Å². The number of methoxy groups -OCH3 is 1. The monoisotopic (exact) mass is 461 g/mol. The maximum atomic E-state index is 13.2. The molecule has 0 amide bonds. The van der Waals surface area contributed by atoms with Crippen LogP contribution in [0.5, 0.6) is 5.75 Å². The van der Waals surface area contributed by atoms with Crippen molar-refractivity contribution < 1.29 is 9.47 Å². The summed E-state index contributed by atoms with van der Waals surface area (Å²) in [5.74, 6) is 1.14. The molecule has 1 aliphatic rings. The van der Waals surface area contributed by atoms with Gasteiger partial charge in [0.05, 0.1) is 19.9 Å². The van der Waals surface area contributed by atoms with Crippen LogP contribution in [0.25, 0.3) is 22.3 Å². The molecule has 0 saturated carbocycles. The number of anilines is 1. The van der Waals surface area contributed by atoms with Crippen LogP contribution in [0, 0.1) is 5.92 Å². The molecule has 176 valence electrons. The van der Waals surface area contributed by atoms with E-state index in [0.29, 0.717) is 40.7 Å². The number of hydrogen-bond donors (Lipinski definition) is 1. The van der Waals surface area contributed by atoms with E-state index in [9.17, 15) is 4.79 Å². The number of nitrogens with two attached hydrogens (primary N) is 1. The molecule has 1 atom stereocenters. The summed E-state index contributed by atoms with van der Waals surface area (Å²) in [7, 11) is 1.58. The van der Waals surface area contributed by atoms with Crippen LogP contribution in [0.15, 0.2) is 47.5 Å². The third-order valence-electron chi connectivity index (χ3n) is 6.48. The van der Waals surface area contributed by atoms with E-state index < -0.39 is 0 Å². The third-order valence-corrected chi connectivity index (χ3v) is 6.48. The van der Waals surface area contributed by atoms with Gasteiger partial charge in [0.1, 0.15) is 22.7 Å². The maximum Gasteiger partial charge on any atom is 0.255 e. The smallest absolute Gasteiger partial charge is 0.255 e. The SMILES string of the molecule is COc1cccc2c(-c3cn(Cc4cccn(C(C)C5CCOCC5)c4=O)nn3)nc(N)nc12. The minimum atomic E-state index is -0.0139. The Kier molecular flexibility index (Phi) is 5.97. The topological polar surface area (TPSA) is 123 Å². The van der Waals surface area contributed by atoms with Gasteiger partial charge in [-0.1, -0.05) is 23.4 Å². The van der Waals surface area contributed by atoms with E-state index in [4.69, 9.17) is 15.2 Å². The van der Waals surface area contributed by atoms with Crippen molar-refractivity contribution in [2.45, 2.75) is 32.4 Å². The molecule has 34 heavy (non-hydrogen) atoms. The van der Waals surface area contributed by atoms with Crippen molar-refractivity contribution in [3.05, 3.63) is 58.6 Å². The molecule has 2 N–H and O–H groups in total. The Morgan fingerprint density at radius 1 is 1.21 bits per heavy atom. The van der Waals surface area contributed by atoms with Crippen LogP contribution in [-0.2, 0) is 11.3 Å². The van der Waals surface area contributed by atoms with Gasteiger partial charge in [0.25, 0.3) is 5.56 Å². The lowest BCUT2D eigenvalue weighted by Crippen LogP contribution is -2.32. The van der Waals surface area contributed by atoms with Crippen LogP contribution in [0.3, 0.4) is 0 Å². The number of ether oxygens (including phenoxy) is 2. The first kappa shape index (κ1) is 22.0. The largest absolute Gasteiger partial charge is 0.494 e. The van der Waals surface area contributed by atoms with Gasteiger partial charge < -0.3 is 19.8 Å².